The quantitative estimate of drug-likeness (QED) is 0.765. The lowest BCUT2D eigenvalue weighted by molar-refractivity contribution is 0.0937. The molecule has 0 fully saturated rings. The number of pyridine rings is 1. The average Bonchev–Trinajstić information content (AvgIpc) is 2.64. The predicted molar refractivity (Wildman–Crippen MR) is 101 cm³/mol. The lowest BCUT2D eigenvalue weighted by Crippen LogP contribution is -2.26. The zero-order valence-electron chi connectivity index (χ0n) is 15.3. The van der Waals surface area contributed by atoms with E-state index >= 15 is 0 Å². The molecule has 0 aliphatic heterocycles. The molecule has 0 aliphatic rings. The molecule has 0 saturated carbocycles. The van der Waals surface area contributed by atoms with Crippen LogP contribution in [0.4, 0.5) is 0 Å². The fourth-order valence-electron chi connectivity index (χ4n) is 1.99. The van der Waals surface area contributed by atoms with Crippen LogP contribution in [0.15, 0.2) is 43.0 Å². The Morgan fingerprint density at radius 1 is 1.20 bits per heavy atom. The third-order valence-electron chi connectivity index (χ3n) is 3.25. The van der Waals surface area contributed by atoms with Gasteiger partial charge in [0.2, 0.25) is 5.88 Å². The van der Waals surface area contributed by atoms with E-state index in [4.69, 9.17) is 9.47 Å². The molecule has 0 saturated heterocycles. The van der Waals surface area contributed by atoms with Gasteiger partial charge in [-0.1, -0.05) is 26.5 Å². The van der Waals surface area contributed by atoms with Crippen molar-refractivity contribution in [3.63, 3.8) is 0 Å². The average molecular weight is 342 g/mol. The summed E-state index contributed by atoms with van der Waals surface area (Å²) in [5, 5.41) is 2.76. The zero-order valence-corrected chi connectivity index (χ0v) is 15.3. The molecule has 0 aliphatic carbocycles. The molecule has 0 unspecified atom stereocenters. The summed E-state index contributed by atoms with van der Waals surface area (Å²) >= 11 is 0. The van der Waals surface area contributed by atoms with E-state index in [0.717, 1.165) is 11.3 Å². The zero-order chi connectivity index (χ0) is 18.7. The maximum absolute atomic E-state index is 11.9. The number of nitrogens with one attached hydrogen (secondary N) is 1. The van der Waals surface area contributed by atoms with Gasteiger partial charge in [0.25, 0.3) is 5.91 Å². The maximum Gasteiger partial charge on any atom is 0.251 e. The molecule has 5 heteroatoms. The van der Waals surface area contributed by atoms with Gasteiger partial charge in [-0.15, -0.1) is 0 Å². The molecule has 1 aromatic carbocycles. The molecule has 0 radical (unpaired) electrons. The largest absolute Gasteiger partial charge is 0.439 e. The number of methoxy groups -OCH3 is 1. The first kappa shape index (κ1) is 20.4. The van der Waals surface area contributed by atoms with Crippen LogP contribution in [-0.4, -0.2) is 31.2 Å². The fourth-order valence-corrected chi connectivity index (χ4v) is 1.99. The molecule has 25 heavy (non-hydrogen) atoms. The van der Waals surface area contributed by atoms with E-state index in [9.17, 15) is 4.79 Å². The second-order valence-corrected chi connectivity index (χ2v) is 4.90. The second kappa shape index (κ2) is 11.0. The number of rotatable bonds is 7. The number of hydrogen-bond acceptors (Lipinski definition) is 4. The first-order valence-electron chi connectivity index (χ1n) is 8.29. The van der Waals surface area contributed by atoms with Gasteiger partial charge in [0.05, 0.1) is 6.61 Å². The van der Waals surface area contributed by atoms with Crippen molar-refractivity contribution >= 4 is 12.0 Å². The summed E-state index contributed by atoms with van der Waals surface area (Å²) in [6.45, 7) is 10.6. The SMILES string of the molecule is C=Cc1ccc(Oc2ccc(C(=O)NCCOC)cc2)nc1C.CC. The van der Waals surface area contributed by atoms with Crippen LogP contribution in [0.1, 0.15) is 35.5 Å². The van der Waals surface area contributed by atoms with Gasteiger partial charge in [-0.2, -0.15) is 0 Å². The minimum absolute atomic E-state index is 0.141. The Morgan fingerprint density at radius 2 is 1.88 bits per heavy atom. The lowest BCUT2D eigenvalue weighted by Gasteiger charge is -2.08. The highest BCUT2D eigenvalue weighted by atomic mass is 16.5. The van der Waals surface area contributed by atoms with Crippen LogP contribution in [0.25, 0.3) is 6.08 Å². The van der Waals surface area contributed by atoms with Crippen LogP contribution in [0.2, 0.25) is 0 Å². The van der Waals surface area contributed by atoms with E-state index < -0.39 is 0 Å². The number of hydrogen-bond donors (Lipinski definition) is 1. The molecule has 0 atom stereocenters. The first-order valence-corrected chi connectivity index (χ1v) is 8.29. The third kappa shape index (κ3) is 6.39. The predicted octanol–water partition coefficient (Wildman–Crippen LogP) is 4.23. The van der Waals surface area contributed by atoms with E-state index in [1.807, 2.05) is 26.8 Å². The number of ether oxygens (including phenoxy) is 2. The fraction of sp³-hybridized carbons (Fsp3) is 0.300. The van der Waals surface area contributed by atoms with Crippen molar-refractivity contribution < 1.29 is 14.3 Å². The lowest BCUT2D eigenvalue weighted by atomic mass is 10.2. The highest BCUT2D eigenvalue weighted by Gasteiger charge is 2.06. The number of carbonyl (C=O) groups excluding carboxylic acids is 1. The molecule has 0 bridgehead atoms. The molecule has 1 aromatic heterocycles. The van der Waals surface area contributed by atoms with E-state index in [2.05, 4.69) is 16.9 Å². The molecule has 1 amide bonds. The Labute approximate surface area is 149 Å². The number of aryl methyl sites for hydroxylation is 1. The monoisotopic (exact) mass is 342 g/mol. The molecule has 1 heterocycles. The highest BCUT2D eigenvalue weighted by molar-refractivity contribution is 5.94. The number of aromatic nitrogens is 1. The van der Waals surface area contributed by atoms with Crippen LogP contribution in [-0.2, 0) is 4.74 Å². The van der Waals surface area contributed by atoms with Crippen LogP contribution < -0.4 is 10.1 Å². The number of amides is 1. The van der Waals surface area contributed by atoms with Gasteiger partial charge in [-0.3, -0.25) is 4.79 Å². The van der Waals surface area contributed by atoms with Crippen LogP contribution >= 0.6 is 0 Å². The minimum Gasteiger partial charge on any atom is -0.439 e. The Bertz CT molecular complexity index is 682. The summed E-state index contributed by atoms with van der Waals surface area (Å²) in [5.74, 6) is 0.986. The van der Waals surface area contributed by atoms with Crippen molar-refractivity contribution in [2.75, 3.05) is 20.3 Å². The standard InChI is InChI=1S/C18H20N2O3.C2H6/c1-4-14-7-10-17(20-13(14)2)23-16-8-5-15(6-9-16)18(21)19-11-12-22-3;1-2/h4-10H,1,11-12H2,2-3H3,(H,19,21);1-2H3. The molecular weight excluding hydrogens is 316 g/mol. The Hall–Kier alpha value is -2.66. The summed E-state index contributed by atoms with van der Waals surface area (Å²) in [4.78, 5) is 16.2. The molecule has 2 rings (SSSR count). The van der Waals surface area contributed by atoms with E-state index in [-0.39, 0.29) is 5.91 Å². The van der Waals surface area contributed by atoms with Gasteiger partial charge < -0.3 is 14.8 Å². The molecule has 0 spiro atoms. The number of nitrogens with zero attached hydrogens (tertiary/aromatic N) is 1. The minimum atomic E-state index is -0.141. The first-order chi connectivity index (χ1) is 12.1. The summed E-state index contributed by atoms with van der Waals surface area (Å²) in [5.41, 5.74) is 2.40. The summed E-state index contributed by atoms with van der Waals surface area (Å²) < 4.78 is 10.6. The topological polar surface area (TPSA) is 60.5 Å². The third-order valence-corrected chi connectivity index (χ3v) is 3.25. The van der Waals surface area contributed by atoms with Crippen LogP contribution in [0, 0.1) is 6.92 Å². The van der Waals surface area contributed by atoms with Gasteiger partial charge in [-0.25, -0.2) is 4.98 Å². The van der Waals surface area contributed by atoms with Gasteiger partial charge in [0, 0.05) is 31.0 Å². The Morgan fingerprint density at radius 3 is 2.44 bits per heavy atom. The van der Waals surface area contributed by atoms with Crippen LogP contribution in [0.5, 0.6) is 11.6 Å². The maximum atomic E-state index is 11.9. The van der Waals surface area contributed by atoms with Gasteiger partial charge in [0.1, 0.15) is 5.75 Å². The molecular formula is C20H26N2O3. The van der Waals surface area contributed by atoms with Gasteiger partial charge >= 0.3 is 0 Å². The van der Waals surface area contributed by atoms with Gasteiger partial charge in [0.15, 0.2) is 0 Å². The van der Waals surface area contributed by atoms with E-state index in [1.165, 1.54) is 0 Å². The van der Waals surface area contributed by atoms with Crippen molar-refractivity contribution in [3.05, 3.63) is 59.8 Å². The summed E-state index contributed by atoms with van der Waals surface area (Å²) in [7, 11) is 1.59. The Balaban J connectivity index is 0.00000151. The Kier molecular flexibility index (Phi) is 8.96. The van der Waals surface area contributed by atoms with Crippen molar-refractivity contribution in [2.45, 2.75) is 20.8 Å². The van der Waals surface area contributed by atoms with Crippen molar-refractivity contribution in [1.29, 1.82) is 0 Å². The molecule has 1 N–H and O–H groups in total. The molecule has 5 nitrogen and oxygen atoms in total. The molecule has 2 aromatic rings. The number of benzene rings is 1. The van der Waals surface area contributed by atoms with Crippen LogP contribution in [0.3, 0.4) is 0 Å². The normalized spacial score (nSPS) is 9.60. The summed E-state index contributed by atoms with van der Waals surface area (Å²) in [6.07, 6.45) is 1.75. The summed E-state index contributed by atoms with van der Waals surface area (Å²) in [6, 6.07) is 10.6. The van der Waals surface area contributed by atoms with Crippen molar-refractivity contribution in [1.82, 2.24) is 10.3 Å². The molecule has 134 valence electrons. The second-order valence-electron chi connectivity index (χ2n) is 4.90. The van der Waals surface area contributed by atoms with Gasteiger partial charge in [-0.05, 0) is 42.8 Å². The highest BCUT2D eigenvalue weighted by Crippen LogP contribution is 2.21. The number of carbonyl (C=O) groups is 1. The van der Waals surface area contributed by atoms with Crippen molar-refractivity contribution in [2.24, 2.45) is 0 Å². The smallest absolute Gasteiger partial charge is 0.251 e. The van der Waals surface area contributed by atoms with E-state index in [0.29, 0.717) is 30.3 Å². The van der Waals surface area contributed by atoms with Crippen molar-refractivity contribution in [3.8, 4) is 11.6 Å². The van der Waals surface area contributed by atoms with E-state index in [1.54, 1.807) is 43.5 Å².